The molecule has 0 aliphatic carbocycles. The maximum Gasteiger partial charge on any atom is 0.251 e. The van der Waals surface area contributed by atoms with E-state index in [9.17, 15) is 4.79 Å². The Morgan fingerprint density at radius 2 is 1.77 bits per heavy atom. The zero-order valence-electron chi connectivity index (χ0n) is 18.4. The number of carbonyl (C=O) groups is 1. The fourth-order valence-electron chi connectivity index (χ4n) is 3.47. The summed E-state index contributed by atoms with van der Waals surface area (Å²) in [5.41, 5.74) is 2.43. The number of rotatable bonds is 11. The van der Waals surface area contributed by atoms with Crippen molar-refractivity contribution in [3.63, 3.8) is 0 Å². The van der Waals surface area contributed by atoms with E-state index in [0.29, 0.717) is 55.5 Å². The lowest BCUT2D eigenvalue weighted by atomic mass is 10.1. The molecule has 0 bridgehead atoms. The van der Waals surface area contributed by atoms with E-state index in [1.165, 1.54) is 21.3 Å². The van der Waals surface area contributed by atoms with Crippen LogP contribution in [0.5, 0.6) is 17.2 Å². The second-order valence-electron chi connectivity index (χ2n) is 6.79. The molecule has 166 valence electrons. The minimum absolute atomic E-state index is 0.226. The van der Waals surface area contributed by atoms with Crippen LogP contribution in [-0.2, 0) is 17.7 Å². The molecule has 0 radical (unpaired) electrons. The lowest BCUT2D eigenvalue weighted by molar-refractivity contribution is 0.0953. The molecule has 0 saturated heterocycles. The third kappa shape index (κ3) is 5.08. The average molecular weight is 428 g/mol. The number of nitrogens with zero attached hydrogens (tertiary/aromatic N) is 2. The predicted octanol–water partition coefficient (Wildman–Crippen LogP) is 3.07. The molecular formula is C23H29N3O5. The smallest absolute Gasteiger partial charge is 0.251 e. The summed E-state index contributed by atoms with van der Waals surface area (Å²) in [6, 6.07) is 11.3. The first kappa shape index (κ1) is 22.4. The molecule has 3 rings (SSSR count). The van der Waals surface area contributed by atoms with Crippen LogP contribution in [0.3, 0.4) is 0 Å². The maximum absolute atomic E-state index is 12.7. The molecule has 1 aromatic heterocycles. The van der Waals surface area contributed by atoms with Crippen molar-refractivity contribution in [2.45, 2.75) is 19.9 Å². The van der Waals surface area contributed by atoms with Gasteiger partial charge in [0.25, 0.3) is 5.91 Å². The molecule has 1 amide bonds. The number of ether oxygens (including phenoxy) is 4. The summed E-state index contributed by atoms with van der Waals surface area (Å²) in [5, 5.41) is 2.95. The van der Waals surface area contributed by atoms with Gasteiger partial charge in [0.15, 0.2) is 11.5 Å². The Hall–Kier alpha value is -3.26. The molecule has 8 heteroatoms. The molecule has 3 aromatic rings. The van der Waals surface area contributed by atoms with E-state index in [0.717, 1.165) is 16.9 Å². The molecule has 0 atom stereocenters. The van der Waals surface area contributed by atoms with Crippen LogP contribution < -0.4 is 19.5 Å². The molecule has 8 nitrogen and oxygen atoms in total. The third-order valence-electron chi connectivity index (χ3n) is 4.96. The molecular weight excluding hydrogens is 398 g/mol. The minimum atomic E-state index is -0.226. The topological polar surface area (TPSA) is 83.8 Å². The Morgan fingerprint density at radius 3 is 2.42 bits per heavy atom. The van der Waals surface area contributed by atoms with Crippen molar-refractivity contribution in [1.82, 2.24) is 14.9 Å². The van der Waals surface area contributed by atoms with Gasteiger partial charge < -0.3 is 28.8 Å². The number of nitrogens with one attached hydrogen (secondary N) is 1. The Labute approximate surface area is 182 Å². The molecule has 0 unspecified atom stereocenters. The van der Waals surface area contributed by atoms with Crippen molar-refractivity contribution >= 4 is 16.9 Å². The first-order valence-corrected chi connectivity index (χ1v) is 10.2. The van der Waals surface area contributed by atoms with Crippen LogP contribution in [-0.4, -0.2) is 56.5 Å². The number of amides is 1. The molecule has 0 spiro atoms. The van der Waals surface area contributed by atoms with Crippen LogP contribution in [0.2, 0.25) is 0 Å². The van der Waals surface area contributed by atoms with Gasteiger partial charge in [-0.3, -0.25) is 4.79 Å². The third-order valence-corrected chi connectivity index (χ3v) is 4.96. The van der Waals surface area contributed by atoms with Crippen LogP contribution in [0.1, 0.15) is 23.1 Å². The van der Waals surface area contributed by atoms with Gasteiger partial charge in [-0.05, 0) is 31.2 Å². The van der Waals surface area contributed by atoms with E-state index in [1.807, 2.05) is 31.2 Å². The van der Waals surface area contributed by atoms with Crippen molar-refractivity contribution in [3.8, 4) is 17.2 Å². The molecule has 0 saturated carbocycles. The van der Waals surface area contributed by atoms with Crippen molar-refractivity contribution < 1.29 is 23.7 Å². The molecule has 0 fully saturated rings. The molecule has 1 heterocycles. The van der Waals surface area contributed by atoms with Gasteiger partial charge in [0.1, 0.15) is 5.82 Å². The molecule has 2 aromatic carbocycles. The van der Waals surface area contributed by atoms with Gasteiger partial charge in [-0.25, -0.2) is 4.98 Å². The van der Waals surface area contributed by atoms with Crippen molar-refractivity contribution in [2.75, 3.05) is 41.1 Å². The average Bonchev–Trinajstić information content (AvgIpc) is 3.15. The van der Waals surface area contributed by atoms with Crippen LogP contribution in [0, 0.1) is 0 Å². The minimum Gasteiger partial charge on any atom is -0.493 e. The van der Waals surface area contributed by atoms with E-state index in [-0.39, 0.29) is 5.91 Å². The van der Waals surface area contributed by atoms with E-state index in [1.54, 1.807) is 12.1 Å². The van der Waals surface area contributed by atoms with E-state index in [4.69, 9.17) is 23.9 Å². The van der Waals surface area contributed by atoms with Crippen LogP contribution in [0.25, 0.3) is 11.0 Å². The number of carbonyl (C=O) groups excluding carboxylic acids is 1. The van der Waals surface area contributed by atoms with E-state index >= 15 is 0 Å². The second-order valence-corrected chi connectivity index (χ2v) is 6.79. The number of methoxy groups -OCH3 is 3. The van der Waals surface area contributed by atoms with Crippen LogP contribution in [0.4, 0.5) is 0 Å². The number of hydrogen-bond acceptors (Lipinski definition) is 6. The number of imidazole rings is 1. The number of fused-ring (bicyclic) bond motifs is 1. The highest BCUT2D eigenvalue weighted by Crippen LogP contribution is 2.38. The van der Waals surface area contributed by atoms with Crippen LogP contribution in [0.15, 0.2) is 36.4 Å². The zero-order valence-corrected chi connectivity index (χ0v) is 18.4. The summed E-state index contributed by atoms with van der Waals surface area (Å²) in [5.74, 6) is 2.00. The van der Waals surface area contributed by atoms with E-state index < -0.39 is 0 Å². The van der Waals surface area contributed by atoms with Crippen molar-refractivity contribution in [2.24, 2.45) is 0 Å². The fourth-order valence-corrected chi connectivity index (χ4v) is 3.47. The van der Waals surface area contributed by atoms with Crippen LogP contribution >= 0.6 is 0 Å². The summed E-state index contributed by atoms with van der Waals surface area (Å²) >= 11 is 0. The standard InChI is InChI=1S/C23H29N3O5/c1-5-31-13-12-26-18-9-7-6-8-17(18)25-21(26)10-11-24-23(27)16-14-19(28-2)22(30-4)20(15-16)29-3/h6-9,14-15H,5,10-13H2,1-4H3,(H,24,27). The van der Waals surface area contributed by atoms with Gasteiger partial charge in [-0.1, -0.05) is 12.1 Å². The Balaban J connectivity index is 1.72. The Kier molecular flexibility index (Phi) is 7.72. The summed E-state index contributed by atoms with van der Waals surface area (Å²) in [7, 11) is 4.56. The van der Waals surface area contributed by atoms with Crippen molar-refractivity contribution in [3.05, 3.63) is 47.8 Å². The lowest BCUT2D eigenvalue weighted by Crippen LogP contribution is -2.26. The van der Waals surface area contributed by atoms with Gasteiger partial charge in [0, 0.05) is 31.7 Å². The largest absolute Gasteiger partial charge is 0.493 e. The van der Waals surface area contributed by atoms with E-state index in [2.05, 4.69) is 9.88 Å². The predicted molar refractivity (Wildman–Crippen MR) is 118 cm³/mol. The number of aromatic nitrogens is 2. The molecule has 0 aliphatic rings. The Bertz CT molecular complexity index is 1010. The monoisotopic (exact) mass is 427 g/mol. The lowest BCUT2D eigenvalue weighted by Gasteiger charge is -2.14. The second kappa shape index (κ2) is 10.7. The summed E-state index contributed by atoms with van der Waals surface area (Å²) in [6.07, 6.45) is 0.594. The first-order chi connectivity index (χ1) is 15.1. The summed E-state index contributed by atoms with van der Waals surface area (Å²) in [6.45, 7) is 4.41. The normalized spacial score (nSPS) is 10.8. The quantitative estimate of drug-likeness (QED) is 0.474. The van der Waals surface area contributed by atoms with Crippen molar-refractivity contribution in [1.29, 1.82) is 0 Å². The molecule has 31 heavy (non-hydrogen) atoms. The zero-order chi connectivity index (χ0) is 22.2. The number of hydrogen-bond donors (Lipinski definition) is 1. The summed E-state index contributed by atoms with van der Waals surface area (Å²) in [4.78, 5) is 17.5. The summed E-state index contributed by atoms with van der Waals surface area (Å²) < 4.78 is 23.6. The SMILES string of the molecule is CCOCCn1c(CCNC(=O)c2cc(OC)c(OC)c(OC)c2)nc2ccccc21. The van der Waals surface area contributed by atoms with Gasteiger partial charge in [0.2, 0.25) is 5.75 Å². The highest BCUT2D eigenvalue weighted by atomic mass is 16.5. The molecule has 1 N–H and O–H groups in total. The first-order valence-electron chi connectivity index (χ1n) is 10.2. The number of benzene rings is 2. The Morgan fingerprint density at radius 1 is 1.06 bits per heavy atom. The maximum atomic E-state index is 12.7. The fraction of sp³-hybridized carbons (Fsp3) is 0.391. The highest BCUT2D eigenvalue weighted by Gasteiger charge is 2.17. The van der Waals surface area contributed by atoms with Gasteiger partial charge in [-0.15, -0.1) is 0 Å². The number of para-hydroxylation sites is 2. The van der Waals surface area contributed by atoms with Gasteiger partial charge in [0.05, 0.1) is 39.0 Å². The van der Waals surface area contributed by atoms with Gasteiger partial charge >= 0.3 is 0 Å². The van der Waals surface area contributed by atoms with Gasteiger partial charge in [-0.2, -0.15) is 0 Å². The highest BCUT2D eigenvalue weighted by molar-refractivity contribution is 5.95. The molecule has 0 aliphatic heterocycles.